The molecule has 30 nitrogen and oxygen atoms in total. The Labute approximate surface area is 542 Å². The first kappa shape index (κ1) is 82.7. The summed E-state index contributed by atoms with van der Waals surface area (Å²) in [4.78, 5) is 47.7. The summed E-state index contributed by atoms with van der Waals surface area (Å²) in [5, 5.41) is 33.2. The van der Waals surface area contributed by atoms with Gasteiger partial charge in [0.1, 0.15) is 28.3 Å². The van der Waals surface area contributed by atoms with E-state index in [0.717, 1.165) is 54.4 Å². The largest absolute Gasteiger partial charge is 0.397 e. The molecular formula is C51H72BrCl3N10O20S4. The van der Waals surface area contributed by atoms with Crippen molar-refractivity contribution in [2.45, 2.75) is 33.3 Å². The zero-order chi connectivity index (χ0) is 69.1. The summed E-state index contributed by atoms with van der Waals surface area (Å²) in [7, 11) is 0.839. The smallest absolute Gasteiger partial charge is 0.293 e. The number of ether oxygens (including phenoxy) is 5. The van der Waals surface area contributed by atoms with Crippen molar-refractivity contribution in [3.05, 3.63) is 152 Å². The van der Waals surface area contributed by atoms with Crippen molar-refractivity contribution >= 4 is 142 Å². The normalized spacial score (nSPS) is 11.5. The van der Waals surface area contributed by atoms with E-state index in [1.807, 2.05) is 6.92 Å². The number of nitro benzene ring substituents is 3. The molecule has 4 aromatic carbocycles. The van der Waals surface area contributed by atoms with E-state index in [4.69, 9.17) is 54.7 Å². The van der Waals surface area contributed by atoms with E-state index in [2.05, 4.69) is 30.4 Å². The molecule has 5 aromatic rings. The fraction of sp³-hybridized carbons (Fsp3) is 0.412. The molecule has 0 unspecified atom stereocenters. The van der Waals surface area contributed by atoms with E-state index >= 15 is 0 Å². The zero-order valence-electron chi connectivity index (χ0n) is 51.2. The second kappa shape index (κ2) is 38.4. The number of fused-ring (bicyclic) bond motifs is 1. The Morgan fingerprint density at radius 3 is 1.20 bits per heavy atom. The number of nitrogens with two attached hydrogens (primary N) is 1. The van der Waals surface area contributed by atoms with Crippen molar-refractivity contribution in [2.24, 2.45) is 0 Å². The SMILES string of the molecule is CCOC.CN(c1cc(Br)ccc1[N+](=O)[O-])S(C)(=O)=O.CN1Cc2nc(Cl)cc(Cl)c2C1=O.COCCl.COCc1ccc(N)c(N(C)S(C)(=O)=O)c1.COCc1ccc([N+](=O)[O-])c(N(C)S(C)(=O)=O)c1.COCc1ccc([N+](=O)[O-])c(N(C)S(C)(=O)=O)c1. The molecule has 1 aliphatic rings. The van der Waals surface area contributed by atoms with Crippen LogP contribution in [0, 0.1) is 30.3 Å². The van der Waals surface area contributed by atoms with Crippen molar-refractivity contribution in [1.82, 2.24) is 9.88 Å². The summed E-state index contributed by atoms with van der Waals surface area (Å²) in [5.41, 5.74) is 9.27. The van der Waals surface area contributed by atoms with Crippen molar-refractivity contribution < 1.29 is 76.9 Å². The Kier molecular flexibility index (Phi) is 35.6. The first-order chi connectivity index (χ1) is 41.0. The van der Waals surface area contributed by atoms with Crippen LogP contribution in [0.25, 0.3) is 0 Å². The summed E-state index contributed by atoms with van der Waals surface area (Å²) in [6, 6.07) is 19.5. The number of nitrogen functional groups attached to an aromatic ring is 1. The number of anilines is 5. The van der Waals surface area contributed by atoms with E-state index in [1.165, 1.54) is 103 Å². The van der Waals surface area contributed by atoms with Crippen LogP contribution in [0.3, 0.4) is 0 Å². The van der Waals surface area contributed by atoms with Crippen LogP contribution < -0.4 is 23.0 Å². The minimum atomic E-state index is -3.56. The molecule has 6 rings (SSSR count). The molecule has 0 saturated carbocycles. The molecule has 0 atom stereocenters. The molecule has 498 valence electrons. The van der Waals surface area contributed by atoms with Gasteiger partial charge in [-0.15, -0.1) is 0 Å². The fourth-order valence-electron chi connectivity index (χ4n) is 6.56. The standard InChI is InChI=1S/2C10H14N2O5S.C10H16N2O3S.C8H9BrN2O4S.C8H6Cl2N2O.C3H8O.C2H5ClO/c2*1-11(18(3,15)16)10-6-8(7-17-2)4-5-9(10)12(13)14;1-12(16(3,13)14)10-6-8(7-15-2)4-5-9(10)11;1-10(16(2,14)15)8-5-6(9)3-4-7(8)11(12)13;1-12-3-5-7(8(12)13)4(9)2-6(10)11-5;1-3-4-2;1-4-2-3/h2*4-6H,7H2,1-3H3;4-6H,7,11H2,1-3H3;3-5H,1-2H3;2H,3H2,1H3;3H2,1-2H3;2H2,1H3. The summed E-state index contributed by atoms with van der Waals surface area (Å²) in [6.45, 7) is 4.19. The van der Waals surface area contributed by atoms with Gasteiger partial charge in [0, 0.05) is 100 Å². The van der Waals surface area contributed by atoms with Crippen LogP contribution in [-0.4, -0.2) is 173 Å². The maximum absolute atomic E-state index is 11.5. The van der Waals surface area contributed by atoms with Crippen LogP contribution in [0.2, 0.25) is 10.2 Å². The number of carbonyl (C=O) groups excluding carboxylic acids is 1. The highest BCUT2D eigenvalue weighted by Crippen LogP contribution is 2.34. The van der Waals surface area contributed by atoms with E-state index in [-0.39, 0.29) is 53.2 Å². The zero-order valence-corrected chi connectivity index (χ0v) is 58.3. The molecule has 2 N–H and O–H groups in total. The number of nitro groups is 3. The lowest BCUT2D eigenvalue weighted by Gasteiger charge is -2.19. The molecule has 1 amide bonds. The van der Waals surface area contributed by atoms with E-state index in [9.17, 15) is 68.8 Å². The van der Waals surface area contributed by atoms with E-state index in [0.29, 0.717) is 67.6 Å². The predicted octanol–water partition coefficient (Wildman–Crippen LogP) is 8.29. The highest BCUT2D eigenvalue weighted by molar-refractivity contribution is 9.10. The summed E-state index contributed by atoms with van der Waals surface area (Å²) in [5.74, 6) is -0.0934. The van der Waals surface area contributed by atoms with Gasteiger partial charge in [-0.05, 0) is 78.2 Å². The third kappa shape index (κ3) is 27.7. The lowest BCUT2D eigenvalue weighted by molar-refractivity contribution is -0.384. The van der Waals surface area contributed by atoms with Crippen LogP contribution in [0.5, 0.6) is 0 Å². The number of alkyl halides is 1. The lowest BCUT2D eigenvalue weighted by atomic mass is 10.2. The van der Waals surface area contributed by atoms with Gasteiger partial charge in [-0.3, -0.25) is 52.4 Å². The fourth-order valence-corrected chi connectivity index (χ4v) is 9.49. The average molecular weight is 1460 g/mol. The van der Waals surface area contributed by atoms with Gasteiger partial charge in [0.25, 0.3) is 23.0 Å². The second-order valence-corrected chi connectivity index (χ2v) is 28.0. The van der Waals surface area contributed by atoms with Gasteiger partial charge >= 0.3 is 0 Å². The Hall–Kier alpha value is -6.35. The topological polar surface area (TPSA) is 384 Å². The number of benzene rings is 4. The number of hydrogen-bond acceptors (Lipinski definition) is 22. The highest BCUT2D eigenvalue weighted by Gasteiger charge is 2.29. The predicted molar refractivity (Wildman–Crippen MR) is 348 cm³/mol. The number of hydrogen-bond donors (Lipinski definition) is 1. The molecule has 0 spiro atoms. The number of sulfonamides is 4. The molecule has 0 radical (unpaired) electrons. The molecule has 2 heterocycles. The number of methoxy groups -OCH3 is 5. The van der Waals surface area contributed by atoms with Crippen LogP contribution >= 0.6 is 50.7 Å². The number of rotatable bonds is 19. The van der Waals surface area contributed by atoms with Gasteiger partial charge in [0.2, 0.25) is 40.1 Å². The maximum atomic E-state index is 11.5. The first-order valence-electron chi connectivity index (χ1n) is 24.8. The van der Waals surface area contributed by atoms with Crippen molar-refractivity contribution in [1.29, 1.82) is 0 Å². The summed E-state index contributed by atoms with van der Waals surface area (Å²) < 4.78 is 119. The number of halogens is 4. The minimum absolute atomic E-state index is 0.0250. The molecular weight excluding hydrogens is 1390 g/mol. The number of amides is 1. The van der Waals surface area contributed by atoms with Crippen LogP contribution in [0.15, 0.2) is 83.3 Å². The molecule has 1 aliphatic heterocycles. The number of carbonyl (C=O) groups is 1. The molecule has 38 heteroatoms. The number of nitrogens with zero attached hydrogens (tertiary/aromatic N) is 9. The van der Waals surface area contributed by atoms with Gasteiger partial charge in [-0.1, -0.05) is 56.8 Å². The molecule has 0 bridgehead atoms. The Bertz CT molecular complexity index is 3570. The van der Waals surface area contributed by atoms with E-state index in [1.54, 1.807) is 51.5 Å². The Balaban J connectivity index is 0.00000106. The van der Waals surface area contributed by atoms with Gasteiger partial charge in [0.05, 0.1) is 93.8 Å². The maximum Gasteiger partial charge on any atom is 0.293 e. The van der Waals surface area contributed by atoms with Crippen molar-refractivity contribution in [2.75, 3.05) is 131 Å². The molecule has 0 aliphatic carbocycles. The Morgan fingerprint density at radius 2 is 0.888 bits per heavy atom. The van der Waals surface area contributed by atoms with Crippen molar-refractivity contribution in [3.63, 3.8) is 0 Å². The van der Waals surface area contributed by atoms with E-state index < -0.39 is 54.9 Å². The van der Waals surface area contributed by atoms with Gasteiger partial charge in [-0.25, -0.2) is 38.7 Å². The molecule has 89 heavy (non-hydrogen) atoms. The van der Waals surface area contributed by atoms with Crippen LogP contribution in [0.4, 0.5) is 45.5 Å². The molecule has 0 fully saturated rings. The minimum Gasteiger partial charge on any atom is -0.397 e. The average Bonchev–Trinajstić information content (AvgIpc) is 2.25. The third-order valence-corrected chi connectivity index (χ3v) is 17.3. The Morgan fingerprint density at radius 1 is 0.573 bits per heavy atom. The van der Waals surface area contributed by atoms with Gasteiger partial charge < -0.3 is 34.3 Å². The molecule has 0 saturated heterocycles. The summed E-state index contributed by atoms with van der Waals surface area (Å²) >= 11 is 19.7. The summed E-state index contributed by atoms with van der Waals surface area (Å²) in [6.07, 6.45) is 4.09. The van der Waals surface area contributed by atoms with Gasteiger partial charge in [0.15, 0.2) is 0 Å². The number of pyridine rings is 1. The lowest BCUT2D eigenvalue weighted by Crippen LogP contribution is -2.25. The highest BCUT2D eigenvalue weighted by atomic mass is 79.9. The monoisotopic (exact) mass is 1460 g/mol. The first-order valence-corrected chi connectivity index (χ1v) is 34.3. The third-order valence-electron chi connectivity index (χ3n) is 11.3. The second-order valence-electron chi connectivity index (χ2n) is 18.0. The van der Waals surface area contributed by atoms with Crippen LogP contribution in [-0.2, 0) is 90.1 Å². The van der Waals surface area contributed by atoms with Crippen LogP contribution in [0.1, 0.15) is 39.7 Å². The van der Waals surface area contributed by atoms with Gasteiger partial charge in [-0.2, -0.15) is 0 Å². The molecule has 1 aromatic heterocycles. The number of aromatic nitrogens is 1. The quantitative estimate of drug-likeness (QED) is 0.0267. The van der Waals surface area contributed by atoms with Crippen molar-refractivity contribution in [3.8, 4) is 0 Å².